The average molecular weight is 315 g/mol. The lowest BCUT2D eigenvalue weighted by Crippen LogP contribution is -2.06. The second-order valence-electron chi connectivity index (χ2n) is 3.80. The molecule has 0 saturated carbocycles. The number of sulfone groups is 2. The number of benzene rings is 1. The third kappa shape index (κ3) is 3.59. The van der Waals surface area contributed by atoms with Crippen LogP contribution in [0, 0.1) is 11.3 Å². The van der Waals surface area contributed by atoms with Crippen LogP contribution in [0.1, 0.15) is 6.92 Å². The van der Waals surface area contributed by atoms with Crippen LogP contribution in [-0.4, -0.2) is 29.7 Å². The minimum Gasteiger partial charge on any atom is -0.499 e. The first-order valence-corrected chi connectivity index (χ1v) is 8.88. The van der Waals surface area contributed by atoms with Gasteiger partial charge >= 0.3 is 0 Å². The zero-order chi connectivity index (χ0) is 15.4. The summed E-state index contributed by atoms with van der Waals surface area (Å²) in [4.78, 5) is -0.981. The lowest BCUT2D eigenvalue weighted by molar-refractivity contribution is 0.268. The van der Waals surface area contributed by atoms with Gasteiger partial charge in [0, 0.05) is 6.26 Å². The van der Waals surface area contributed by atoms with Crippen molar-refractivity contribution in [3.8, 4) is 6.07 Å². The van der Waals surface area contributed by atoms with Crippen molar-refractivity contribution in [3.63, 3.8) is 0 Å². The molecule has 0 aliphatic heterocycles. The summed E-state index contributed by atoms with van der Waals surface area (Å²) in [7, 11) is -7.63. The number of hydrogen-bond donors (Lipinski definition) is 0. The Bertz CT molecular complexity index is 770. The molecule has 108 valence electrons. The number of nitriles is 1. The van der Waals surface area contributed by atoms with Crippen molar-refractivity contribution in [2.24, 2.45) is 0 Å². The molecule has 0 aliphatic carbocycles. The van der Waals surface area contributed by atoms with Gasteiger partial charge in [0.25, 0.3) is 0 Å². The van der Waals surface area contributed by atoms with E-state index in [2.05, 4.69) is 0 Å². The van der Waals surface area contributed by atoms with Crippen molar-refractivity contribution in [3.05, 3.63) is 35.4 Å². The van der Waals surface area contributed by atoms with Crippen LogP contribution < -0.4 is 0 Å². The molecule has 0 heterocycles. The topological polar surface area (TPSA) is 101 Å². The number of allylic oxidation sites excluding steroid dienone is 1. The Kier molecular flexibility index (Phi) is 4.92. The van der Waals surface area contributed by atoms with Crippen LogP contribution in [0.4, 0.5) is 0 Å². The Morgan fingerprint density at radius 1 is 1.30 bits per heavy atom. The maximum atomic E-state index is 12.2. The zero-order valence-corrected chi connectivity index (χ0v) is 12.5. The van der Waals surface area contributed by atoms with Gasteiger partial charge in [-0.15, -0.1) is 0 Å². The van der Waals surface area contributed by atoms with Gasteiger partial charge in [-0.3, -0.25) is 0 Å². The zero-order valence-electron chi connectivity index (χ0n) is 10.9. The van der Waals surface area contributed by atoms with Crippen molar-refractivity contribution in [2.75, 3.05) is 12.9 Å². The molecule has 1 aromatic carbocycles. The van der Waals surface area contributed by atoms with Crippen LogP contribution in [0.15, 0.2) is 45.2 Å². The first-order chi connectivity index (χ1) is 9.23. The lowest BCUT2D eigenvalue weighted by atomic mass is 10.4. The first kappa shape index (κ1) is 16.2. The highest BCUT2D eigenvalue weighted by Crippen LogP contribution is 2.21. The first-order valence-electron chi connectivity index (χ1n) is 5.50. The molecule has 0 amide bonds. The van der Waals surface area contributed by atoms with E-state index in [1.807, 2.05) is 0 Å². The predicted octanol–water partition coefficient (Wildman–Crippen LogP) is 1.27. The highest BCUT2D eigenvalue weighted by molar-refractivity contribution is 7.95. The summed E-state index contributed by atoms with van der Waals surface area (Å²) in [6, 6.07) is 6.36. The molecule has 20 heavy (non-hydrogen) atoms. The summed E-state index contributed by atoms with van der Waals surface area (Å²) in [6.07, 6.45) is 1.82. The summed E-state index contributed by atoms with van der Waals surface area (Å²) in [5.74, 6) is 0. The van der Waals surface area contributed by atoms with Gasteiger partial charge in [-0.1, -0.05) is 6.07 Å². The van der Waals surface area contributed by atoms with E-state index in [4.69, 9.17) is 10.00 Å². The van der Waals surface area contributed by atoms with Gasteiger partial charge < -0.3 is 4.74 Å². The van der Waals surface area contributed by atoms with E-state index >= 15 is 0 Å². The Morgan fingerprint density at radius 3 is 2.40 bits per heavy atom. The van der Waals surface area contributed by atoms with E-state index < -0.39 is 24.6 Å². The average Bonchev–Trinajstić information content (AvgIpc) is 2.38. The molecule has 0 unspecified atom stereocenters. The molecule has 0 bridgehead atoms. The molecular formula is C12H13NO5S2. The third-order valence-electron chi connectivity index (χ3n) is 2.30. The van der Waals surface area contributed by atoms with Gasteiger partial charge in [-0.2, -0.15) is 5.26 Å². The van der Waals surface area contributed by atoms with Crippen molar-refractivity contribution < 1.29 is 21.6 Å². The van der Waals surface area contributed by atoms with Gasteiger partial charge in [-0.05, 0) is 25.1 Å². The van der Waals surface area contributed by atoms with Crippen molar-refractivity contribution in [1.29, 1.82) is 5.26 Å². The number of ether oxygens (including phenoxy) is 1. The number of nitrogens with zero attached hydrogens (tertiary/aromatic N) is 1. The van der Waals surface area contributed by atoms with Crippen LogP contribution in [0.3, 0.4) is 0 Å². The summed E-state index contributed by atoms with van der Waals surface area (Å²) in [5.41, 5.74) is 0. The monoisotopic (exact) mass is 315 g/mol. The molecular weight excluding hydrogens is 302 g/mol. The molecule has 0 radical (unpaired) electrons. The maximum absolute atomic E-state index is 12.2. The van der Waals surface area contributed by atoms with Crippen LogP contribution in [-0.2, 0) is 24.4 Å². The van der Waals surface area contributed by atoms with Crippen molar-refractivity contribution in [1.82, 2.24) is 0 Å². The summed E-state index contributed by atoms with van der Waals surface area (Å²) in [6.45, 7) is 1.85. The molecule has 1 rings (SSSR count). The molecule has 1 aromatic rings. The quantitative estimate of drug-likeness (QED) is 0.599. The van der Waals surface area contributed by atoms with Crippen molar-refractivity contribution in [2.45, 2.75) is 16.7 Å². The van der Waals surface area contributed by atoms with E-state index in [1.165, 1.54) is 24.3 Å². The molecule has 0 spiro atoms. The molecule has 0 atom stereocenters. The predicted molar refractivity (Wildman–Crippen MR) is 72.1 cm³/mol. The fraction of sp³-hybridized carbons (Fsp3) is 0.250. The maximum Gasteiger partial charge on any atom is 0.219 e. The fourth-order valence-corrected chi connectivity index (χ4v) is 3.16. The van der Waals surface area contributed by atoms with Crippen molar-refractivity contribution >= 4 is 19.7 Å². The van der Waals surface area contributed by atoms with E-state index in [-0.39, 0.29) is 16.4 Å². The highest BCUT2D eigenvalue weighted by Gasteiger charge is 2.23. The lowest BCUT2D eigenvalue weighted by Gasteiger charge is -2.05. The van der Waals surface area contributed by atoms with Crippen LogP contribution in [0.25, 0.3) is 0 Å². The van der Waals surface area contributed by atoms with Gasteiger partial charge in [-0.25, -0.2) is 16.8 Å². The molecule has 8 heteroatoms. The largest absolute Gasteiger partial charge is 0.499 e. The minimum atomic E-state index is -4.10. The molecule has 0 fully saturated rings. The van der Waals surface area contributed by atoms with E-state index in [9.17, 15) is 16.8 Å². The van der Waals surface area contributed by atoms with Gasteiger partial charge in [0.15, 0.2) is 14.7 Å². The second kappa shape index (κ2) is 6.07. The molecule has 0 saturated heterocycles. The standard InChI is InChI=1S/C12H13NO5S2/c1-3-18-9-12(8-13)20(16,17)11-6-4-5-10(7-11)19(2,14)15/h4-7,9H,3H2,1-2H3/b12-9+. The molecule has 0 aliphatic rings. The summed E-state index contributed by atoms with van der Waals surface area (Å²) in [5, 5.41) is 8.88. The Morgan fingerprint density at radius 2 is 1.90 bits per heavy atom. The molecule has 0 N–H and O–H groups in total. The Labute approximate surface area is 118 Å². The van der Waals surface area contributed by atoms with Crippen LogP contribution in [0.2, 0.25) is 0 Å². The number of rotatable bonds is 5. The summed E-state index contributed by atoms with van der Waals surface area (Å²) >= 11 is 0. The fourth-order valence-electron chi connectivity index (χ4n) is 1.31. The van der Waals surface area contributed by atoms with E-state index in [1.54, 1.807) is 6.92 Å². The second-order valence-corrected chi connectivity index (χ2v) is 7.73. The minimum absolute atomic E-state index is 0.132. The van der Waals surface area contributed by atoms with E-state index in [0.29, 0.717) is 0 Å². The molecule has 0 aromatic heterocycles. The van der Waals surface area contributed by atoms with E-state index in [0.717, 1.165) is 18.6 Å². The van der Waals surface area contributed by atoms with Gasteiger partial charge in [0.2, 0.25) is 9.84 Å². The Hall–Kier alpha value is -1.85. The Balaban J connectivity index is 3.41. The molecule has 6 nitrogen and oxygen atoms in total. The normalized spacial score (nSPS) is 12.8. The van der Waals surface area contributed by atoms with Gasteiger partial charge in [0.05, 0.1) is 16.4 Å². The summed E-state index contributed by atoms with van der Waals surface area (Å²) < 4.78 is 52.0. The SMILES string of the molecule is CCO/C=C(\C#N)S(=O)(=O)c1cccc(S(C)(=O)=O)c1. The van der Waals surface area contributed by atoms with Crippen LogP contribution >= 0.6 is 0 Å². The number of hydrogen-bond acceptors (Lipinski definition) is 6. The highest BCUT2D eigenvalue weighted by atomic mass is 32.2. The smallest absolute Gasteiger partial charge is 0.219 e. The third-order valence-corrected chi connectivity index (χ3v) is 5.05. The van der Waals surface area contributed by atoms with Gasteiger partial charge in [0.1, 0.15) is 12.3 Å². The van der Waals surface area contributed by atoms with Crippen LogP contribution in [0.5, 0.6) is 0 Å².